The maximum Gasteiger partial charge on any atom is 0.0429 e. The molecule has 2 atom stereocenters. The first kappa shape index (κ1) is 10.3. The van der Waals surface area contributed by atoms with E-state index in [2.05, 4.69) is 39.0 Å². The standard InChI is InChI=1S/C15H17N3/c1-2-14(9-12-3-5-16-10-13(1)12)18-8-7-17-6-4-15(18)11-17/h1-3,5,9-10,15H,4,6-8,11H2. The van der Waals surface area contributed by atoms with Crippen molar-refractivity contribution in [2.75, 3.05) is 31.1 Å². The Balaban J connectivity index is 1.73. The second-order valence-electron chi connectivity index (χ2n) is 5.34. The SMILES string of the molecule is c1cc2cc(N3CCN4CCC3C4)ccc2cn1. The number of piperazine rings is 1. The molecule has 2 bridgehead atoms. The first-order valence-corrected chi connectivity index (χ1v) is 6.73. The van der Waals surface area contributed by atoms with Gasteiger partial charge in [-0.1, -0.05) is 6.07 Å². The van der Waals surface area contributed by atoms with Gasteiger partial charge < -0.3 is 4.90 Å². The van der Waals surface area contributed by atoms with Crippen molar-refractivity contribution in [2.24, 2.45) is 0 Å². The van der Waals surface area contributed by atoms with Gasteiger partial charge >= 0.3 is 0 Å². The number of fused-ring (bicyclic) bond motifs is 3. The van der Waals surface area contributed by atoms with Crippen molar-refractivity contribution in [3.05, 3.63) is 36.7 Å². The first-order valence-electron chi connectivity index (χ1n) is 6.73. The topological polar surface area (TPSA) is 19.4 Å². The van der Waals surface area contributed by atoms with Gasteiger partial charge in [0.2, 0.25) is 0 Å². The molecule has 0 radical (unpaired) electrons. The van der Waals surface area contributed by atoms with E-state index in [0.29, 0.717) is 0 Å². The molecule has 3 heteroatoms. The van der Waals surface area contributed by atoms with E-state index in [0.717, 1.165) is 6.04 Å². The molecule has 2 unspecified atom stereocenters. The summed E-state index contributed by atoms with van der Waals surface area (Å²) in [4.78, 5) is 9.33. The lowest BCUT2D eigenvalue weighted by Gasteiger charge is -2.36. The quantitative estimate of drug-likeness (QED) is 0.760. The lowest BCUT2D eigenvalue weighted by Crippen LogP contribution is -2.46. The fourth-order valence-electron chi connectivity index (χ4n) is 3.29. The van der Waals surface area contributed by atoms with E-state index >= 15 is 0 Å². The van der Waals surface area contributed by atoms with Gasteiger partial charge in [-0.25, -0.2) is 0 Å². The molecule has 0 spiro atoms. The van der Waals surface area contributed by atoms with Crippen LogP contribution in [0.5, 0.6) is 0 Å². The van der Waals surface area contributed by atoms with Crippen LogP contribution in [0.3, 0.4) is 0 Å². The Bertz CT molecular complexity index is 581. The number of pyridine rings is 1. The van der Waals surface area contributed by atoms with Crippen molar-refractivity contribution < 1.29 is 0 Å². The third-order valence-corrected chi connectivity index (χ3v) is 4.30. The minimum atomic E-state index is 0.720. The summed E-state index contributed by atoms with van der Waals surface area (Å²) in [5.74, 6) is 0. The average molecular weight is 239 g/mol. The number of benzene rings is 1. The second-order valence-corrected chi connectivity index (χ2v) is 5.34. The molecule has 3 nitrogen and oxygen atoms in total. The molecule has 0 amide bonds. The molecule has 0 saturated carbocycles. The zero-order chi connectivity index (χ0) is 11.9. The van der Waals surface area contributed by atoms with E-state index in [1.165, 1.54) is 49.1 Å². The second kappa shape index (κ2) is 3.95. The van der Waals surface area contributed by atoms with Gasteiger partial charge in [-0.15, -0.1) is 0 Å². The van der Waals surface area contributed by atoms with E-state index in [1.54, 1.807) is 0 Å². The van der Waals surface area contributed by atoms with Crippen molar-refractivity contribution in [3.8, 4) is 0 Å². The van der Waals surface area contributed by atoms with Crippen molar-refractivity contribution in [1.29, 1.82) is 0 Å². The Morgan fingerprint density at radius 2 is 2.06 bits per heavy atom. The molecular weight excluding hydrogens is 222 g/mol. The summed E-state index contributed by atoms with van der Waals surface area (Å²) >= 11 is 0. The summed E-state index contributed by atoms with van der Waals surface area (Å²) in [5.41, 5.74) is 1.38. The van der Waals surface area contributed by atoms with Crippen molar-refractivity contribution >= 4 is 16.5 Å². The van der Waals surface area contributed by atoms with Crippen LogP contribution in [0.15, 0.2) is 36.7 Å². The Hall–Kier alpha value is -1.61. The number of nitrogens with zero attached hydrogens (tertiary/aromatic N) is 3. The van der Waals surface area contributed by atoms with Crippen LogP contribution in [-0.4, -0.2) is 42.1 Å². The summed E-state index contributed by atoms with van der Waals surface area (Å²) in [6.07, 6.45) is 5.13. The summed E-state index contributed by atoms with van der Waals surface area (Å²) in [5, 5.41) is 2.52. The molecule has 1 aromatic carbocycles. The normalized spacial score (nSPS) is 26.8. The van der Waals surface area contributed by atoms with Crippen LogP contribution in [0.4, 0.5) is 5.69 Å². The van der Waals surface area contributed by atoms with E-state index in [9.17, 15) is 0 Å². The number of rotatable bonds is 1. The summed E-state index contributed by atoms with van der Waals surface area (Å²) in [6, 6.07) is 9.57. The summed E-state index contributed by atoms with van der Waals surface area (Å²) in [6.45, 7) is 4.90. The van der Waals surface area contributed by atoms with Crippen LogP contribution in [0.25, 0.3) is 10.8 Å². The highest BCUT2D eigenvalue weighted by Gasteiger charge is 2.32. The number of hydrogen-bond acceptors (Lipinski definition) is 3. The molecule has 3 heterocycles. The lowest BCUT2D eigenvalue weighted by molar-refractivity contribution is 0.311. The van der Waals surface area contributed by atoms with Crippen molar-refractivity contribution in [1.82, 2.24) is 9.88 Å². The van der Waals surface area contributed by atoms with Gasteiger partial charge in [0.25, 0.3) is 0 Å². The molecule has 0 N–H and O–H groups in total. The number of hydrogen-bond donors (Lipinski definition) is 0. The summed E-state index contributed by atoms with van der Waals surface area (Å²) in [7, 11) is 0. The maximum atomic E-state index is 4.17. The zero-order valence-corrected chi connectivity index (χ0v) is 10.4. The van der Waals surface area contributed by atoms with E-state index < -0.39 is 0 Å². The minimum absolute atomic E-state index is 0.720. The Morgan fingerprint density at radius 3 is 3.06 bits per heavy atom. The predicted molar refractivity (Wildman–Crippen MR) is 73.9 cm³/mol. The van der Waals surface area contributed by atoms with Crippen molar-refractivity contribution in [2.45, 2.75) is 12.5 Å². The molecule has 18 heavy (non-hydrogen) atoms. The molecular formula is C15H17N3. The predicted octanol–water partition coefficient (Wildman–Crippen LogP) is 2.13. The smallest absolute Gasteiger partial charge is 0.0429 e. The Morgan fingerprint density at radius 1 is 1.06 bits per heavy atom. The third-order valence-electron chi connectivity index (χ3n) is 4.30. The fraction of sp³-hybridized carbons (Fsp3) is 0.400. The maximum absolute atomic E-state index is 4.17. The van der Waals surface area contributed by atoms with Gasteiger partial charge in [0.15, 0.2) is 0 Å². The fourth-order valence-corrected chi connectivity index (χ4v) is 3.29. The lowest BCUT2D eigenvalue weighted by atomic mass is 10.1. The third kappa shape index (κ3) is 1.58. The molecule has 4 rings (SSSR count). The van der Waals surface area contributed by atoms with Gasteiger partial charge in [0.05, 0.1) is 0 Å². The van der Waals surface area contributed by atoms with E-state index in [-0.39, 0.29) is 0 Å². The monoisotopic (exact) mass is 239 g/mol. The first-order chi connectivity index (χ1) is 8.90. The molecule has 1 aromatic heterocycles. The van der Waals surface area contributed by atoms with Crippen LogP contribution < -0.4 is 4.90 Å². The Kier molecular flexibility index (Phi) is 2.27. The van der Waals surface area contributed by atoms with Crippen LogP contribution in [-0.2, 0) is 0 Å². The van der Waals surface area contributed by atoms with Crippen LogP contribution in [0, 0.1) is 0 Å². The van der Waals surface area contributed by atoms with Gasteiger partial charge in [0.1, 0.15) is 0 Å². The van der Waals surface area contributed by atoms with Crippen LogP contribution in [0.2, 0.25) is 0 Å². The highest BCUT2D eigenvalue weighted by Crippen LogP contribution is 2.28. The van der Waals surface area contributed by atoms with Gasteiger partial charge in [0, 0.05) is 55.7 Å². The molecule has 2 aromatic rings. The highest BCUT2D eigenvalue weighted by molar-refractivity contribution is 5.85. The highest BCUT2D eigenvalue weighted by atomic mass is 15.3. The van der Waals surface area contributed by atoms with E-state index in [4.69, 9.17) is 0 Å². The van der Waals surface area contributed by atoms with E-state index in [1.807, 2.05) is 12.4 Å². The number of anilines is 1. The zero-order valence-electron chi connectivity index (χ0n) is 10.4. The van der Waals surface area contributed by atoms with Crippen LogP contribution in [0.1, 0.15) is 6.42 Å². The molecule has 2 fully saturated rings. The molecule has 2 saturated heterocycles. The number of aromatic nitrogens is 1. The molecule has 0 aliphatic carbocycles. The van der Waals surface area contributed by atoms with Gasteiger partial charge in [-0.05, 0) is 30.0 Å². The molecule has 2 aliphatic rings. The van der Waals surface area contributed by atoms with Gasteiger partial charge in [-0.2, -0.15) is 0 Å². The molecule has 2 aliphatic heterocycles. The largest absolute Gasteiger partial charge is 0.366 e. The summed E-state index contributed by atoms with van der Waals surface area (Å²) < 4.78 is 0. The van der Waals surface area contributed by atoms with Crippen molar-refractivity contribution in [3.63, 3.8) is 0 Å². The van der Waals surface area contributed by atoms with Crippen LogP contribution >= 0.6 is 0 Å². The van der Waals surface area contributed by atoms with Gasteiger partial charge in [-0.3, -0.25) is 9.88 Å². The Labute approximate surface area is 107 Å². The minimum Gasteiger partial charge on any atom is -0.366 e. The average Bonchev–Trinajstić information content (AvgIpc) is 2.80. The molecule has 92 valence electrons.